The second kappa shape index (κ2) is 7.68. The lowest BCUT2D eigenvalue weighted by Crippen LogP contribution is -2.64. The smallest absolute Gasteiger partial charge is 0.336 e. The van der Waals surface area contributed by atoms with Crippen LogP contribution in [0.25, 0.3) is 0 Å². The zero-order valence-corrected chi connectivity index (χ0v) is 18.7. The summed E-state index contributed by atoms with van der Waals surface area (Å²) in [5.41, 5.74) is -2.61. The minimum atomic E-state index is -3.37. The number of rotatable bonds is 4. The van der Waals surface area contributed by atoms with Crippen LogP contribution in [0.5, 0.6) is 0 Å². The number of hydrogen-bond donors (Lipinski definition) is 6. The monoisotopic (exact) mass is 678 g/mol. The van der Waals surface area contributed by atoms with E-state index in [-0.39, 0.29) is 12.9 Å². The van der Waals surface area contributed by atoms with E-state index >= 15 is 0 Å². The van der Waals surface area contributed by atoms with Gasteiger partial charge >= 0.3 is 11.9 Å². The molecule has 0 heterocycles. The van der Waals surface area contributed by atoms with E-state index in [1.54, 1.807) is 45.2 Å². The summed E-state index contributed by atoms with van der Waals surface area (Å²) >= 11 is 4.91. The maximum atomic E-state index is 12.0. The van der Waals surface area contributed by atoms with Crippen molar-refractivity contribution in [2.75, 3.05) is 0 Å². The largest absolute Gasteiger partial charge is 0.479 e. The lowest BCUT2D eigenvalue weighted by atomic mass is 9.84. The number of carboxylic acid groups (broad SMARTS) is 1. The van der Waals surface area contributed by atoms with E-state index in [2.05, 4.69) is 10.6 Å². The van der Waals surface area contributed by atoms with Gasteiger partial charge in [-0.2, -0.15) is 0 Å². The molecular formula is C12H13I3N2O7. The summed E-state index contributed by atoms with van der Waals surface area (Å²) < 4.78 is -1.14. The van der Waals surface area contributed by atoms with E-state index in [1.165, 1.54) is 29.5 Å². The van der Waals surface area contributed by atoms with Crippen LogP contribution >= 0.6 is 67.8 Å². The number of alkyl halides is 1. The van der Waals surface area contributed by atoms with E-state index in [0.29, 0.717) is 0 Å². The van der Waals surface area contributed by atoms with Crippen LogP contribution in [-0.2, 0) is 14.4 Å². The summed E-state index contributed by atoms with van der Waals surface area (Å²) in [7, 11) is 0. The molecule has 0 saturated carbocycles. The first-order chi connectivity index (χ1) is 10.8. The average molecular weight is 678 g/mol. The molecule has 0 radical (unpaired) electrons. The minimum absolute atomic E-state index is 0.0248. The van der Waals surface area contributed by atoms with Crippen LogP contribution < -0.4 is 10.6 Å². The van der Waals surface area contributed by atoms with Crippen LogP contribution in [0.2, 0.25) is 0 Å². The highest BCUT2D eigenvalue weighted by atomic mass is 127. The van der Waals surface area contributed by atoms with Crippen LogP contribution in [0, 0.1) is 0 Å². The van der Waals surface area contributed by atoms with Crippen LogP contribution in [0.1, 0.15) is 13.8 Å². The van der Waals surface area contributed by atoms with Gasteiger partial charge in [-0.25, -0.2) is 4.79 Å². The quantitative estimate of drug-likeness (QED) is 0.138. The van der Waals surface area contributed by atoms with Crippen molar-refractivity contribution in [3.8, 4) is 0 Å². The van der Waals surface area contributed by atoms with E-state index in [0.717, 1.165) is 6.92 Å². The zero-order chi connectivity index (χ0) is 19.0. The first kappa shape index (κ1) is 22.0. The number of hydrogen-bond acceptors (Lipinski definition) is 6. The lowest BCUT2D eigenvalue weighted by molar-refractivity contribution is -0.280. The minimum Gasteiger partial charge on any atom is -0.479 e. The molecule has 9 nitrogen and oxygen atoms in total. The molecule has 0 bridgehead atoms. The van der Waals surface area contributed by atoms with E-state index in [9.17, 15) is 34.8 Å². The number of carbonyl (C=O) groups excluding carboxylic acids is 2. The third-order valence-electron chi connectivity index (χ3n) is 3.01. The third kappa shape index (κ3) is 4.02. The summed E-state index contributed by atoms with van der Waals surface area (Å²) in [4.78, 5) is 35.0. The Bertz CT molecular complexity index is 668. The zero-order valence-electron chi connectivity index (χ0n) is 12.2. The van der Waals surface area contributed by atoms with Gasteiger partial charge in [-0.3, -0.25) is 9.59 Å². The fraction of sp³-hybridized carbons (Fsp3) is 0.417. The molecule has 0 aromatic rings. The Kier molecular flexibility index (Phi) is 7.04. The van der Waals surface area contributed by atoms with Crippen molar-refractivity contribution in [3.63, 3.8) is 0 Å². The molecule has 0 aromatic heterocycles. The summed E-state index contributed by atoms with van der Waals surface area (Å²) in [5, 5.41) is 43.4. The predicted molar refractivity (Wildman–Crippen MR) is 107 cm³/mol. The van der Waals surface area contributed by atoms with Crippen molar-refractivity contribution in [1.29, 1.82) is 0 Å². The molecule has 0 aromatic carbocycles. The summed E-state index contributed by atoms with van der Waals surface area (Å²) in [5.74, 6) is -6.08. The van der Waals surface area contributed by atoms with E-state index in [4.69, 9.17) is 0 Å². The van der Waals surface area contributed by atoms with Gasteiger partial charge in [0.1, 0.15) is 0 Å². The second-order valence-corrected chi connectivity index (χ2v) is 8.29. The molecule has 2 amide bonds. The Morgan fingerprint density at radius 1 is 1.12 bits per heavy atom. The second-order valence-electron chi connectivity index (χ2n) is 4.89. The molecule has 1 aliphatic rings. The van der Waals surface area contributed by atoms with Crippen LogP contribution in [0.15, 0.2) is 18.4 Å². The van der Waals surface area contributed by atoms with Crippen LogP contribution in [0.4, 0.5) is 0 Å². The van der Waals surface area contributed by atoms with Gasteiger partial charge in [-0.1, -0.05) is 22.6 Å². The molecule has 6 N–H and O–H groups in total. The normalized spacial score (nSPS) is 24.8. The molecule has 2 atom stereocenters. The third-order valence-corrected chi connectivity index (χ3v) is 7.08. The summed E-state index contributed by atoms with van der Waals surface area (Å²) in [6.07, 6.45) is 0. The highest BCUT2D eigenvalue weighted by molar-refractivity contribution is 14.1. The topological polar surface area (TPSA) is 156 Å². The number of halogens is 3. The molecule has 12 heteroatoms. The molecule has 134 valence electrons. The number of aliphatic hydroxyl groups is 3. The lowest BCUT2D eigenvalue weighted by Gasteiger charge is -2.41. The fourth-order valence-electron chi connectivity index (χ4n) is 2.12. The summed E-state index contributed by atoms with van der Waals surface area (Å²) in [6, 6.07) is 0. The van der Waals surface area contributed by atoms with E-state index < -0.39 is 38.8 Å². The van der Waals surface area contributed by atoms with Gasteiger partial charge in [0, 0.05) is 26.7 Å². The van der Waals surface area contributed by atoms with Crippen molar-refractivity contribution in [3.05, 3.63) is 18.4 Å². The van der Waals surface area contributed by atoms with Gasteiger partial charge < -0.3 is 31.1 Å². The number of carbonyl (C=O) groups is 3. The molecule has 0 fully saturated rings. The highest BCUT2D eigenvalue weighted by Gasteiger charge is 2.57. The Hall–Kier alpha value is -0.0400. The molecule has 0 spiro atoms. The van der Waals surface area contributed by atoms with Gasteiger partial charge in [0.2, 0.25) is 11.8 Å². The number of carboxylic acids is 1. The van der Waals surface area contributed by atoms with Crippen molar-refractivity contribution >= 4 is 85.6 Å². The van der Waals surface area contributed by atoms with Crippen molar-refractivity contribution < 1.29 is 34.8 Å². The maximum Gasteiger partial charge on any atom is 0.336 e. The van der Waals surface area contributed by atoms with Gasteiger partial charge in [0.05, 0.1) is 9.50 Å². The first-order valence-electron chi connectivity index (χ1n) is 6.18. The SMILES string of the molecule is CC(=O)NC1=C(I)C(C(O)(O)O)=C(I)C(NC(C)=O)(C(=O)O)C1I. The fourth-order valence-corrected chi connectivity index (χ4v) is 7.42. The number of nitrogens with one attached hydrogen (secondary N) is 2. The Balaban J connectivity index is 3.85. The van der Waals surface area contributed by atoms with Crippen LogP contribution in [0.3, 0.4) is 0 Å². The van der Waals surface area contributed by atoms with Gasteiger partial charge in [-0.05, 0) is 45.2 Å². The van der Waals surface area contributed by atoms with Crippen molar-refractivity contribution in [2.24, 2.45) is 0 Å². The molecule has 0 aliphatic heterocycles. The number of amides is 2. The molecule has 1 aliphatic carbocycles. The highest BCUT2D eigenvalue weighted by Crippen LogP contribution is 2.48. The Morgan fingerprint density at radius 3 is 1.96 bits per heavy atom. The first-order valence-corrected chi connectivity index (χ1v) is 9.58. The Labute approximate surface area is 177 Å². The molecule has 24 heavy (non-hydrogen) atoms. The maximum absolute atomic E-state index is 12.0. The molecular weight excluding hydrogens is 665 g/mol. The van der Waals surface area contributed by atoms with Gasteiger partial charge in [0.15, 0.2) is 5.54 Å². The molecule has 2 unspecified atom stereocenters. The van der Waals surface area contributed by atoms with Gasteiger partial charge in [0.25, 0.3) is 0 Å². The van der Waals surface area contributed by atoms with Crippen molar-refractivity contribution in [2.45, 2.75) is 29.3 Å². The Morgan fingerprint density at radius 2 is 1.62 bits per heavy atom. The van der Waals surface area contributed by atoms with Gasteiger partial charge in [-0.15, -0.1) is 0 Å². The average Bonchev–Trinajstić information content (AvgIpc) is 2.37. The van der Waals surface area contributed by atoms with Crippen molar-refractivity contribution in [1.82, 2.24) is 10.6 Å². The van der Waals surface area contributed by atoms with Crippen LogP contribution in [-0.4, -0.2) is 53.6 Å². The van der Waals surface area contributed by atoms with E-state index in [1.807, 2.05) is 0 Å². The number of aliphatic carboxylic acids is 1. The predicted octanol–water partition coefficient (Wildman–Crippen LogP) is -0.134. The molecule has 1 rings (SSSR count). The summed E-state index contributed by atoms with van der Waals surface area (Å²) in [6.45, 7) is 2.29. The molecule has 0 saturated heterocycles. The standard InChI is InChI=1S/C12H13I3N2O7/c1-3(18)16-7-6(13)5(12(22,23)24)8(14)11(9(7)15,10(20)21)17-4(2)19/h9,22-24H,1-2H3,(H,16,18)(H,17,19)(H,20,21).